The molecule has 0 bridgehead atoms. The Balaban J connectivity index is 1.75. The van der Waals surface area contributed by atoms with Gasteiger partial charge >= 0.3 is 0 Å². The smallest absolute Gasteiger partial charge is 0.0715 e. The van der Waals surface area contributed by atoms with Crippen molar-refractivity contribution in [2.45, 2.75) is 32.7 Å². The van der Waals surface area contributed by atoms with Crippen molar-refractivity contribution in [3.63, 3.8) is 0 Å². The van der Waals surface area contributed by atoms with Crippen molar-refractivity contribution in [3.8, 4) is 0 Å². The van der Waals surface area contributed by atoms with E-state index in [9.17, 15) is 0 Å². The molecule has 1 unspecified atom stereocenters. The molecular formula is C20H24N2. The van der Waals surface area contributed by atoms with Crippen molar-refractivity contribution in [2.24, 2.45) is 5.92 Å². The van der Waals surface area contributed by atoms with E-state index in [0.717, 1.165) is 12.5 Å². The average Bonchev–Trinajstić information content (AvgIpc) is 3.34. The van der Waals surface area contributed by atoms with Crippen LogP contribution in [0.15, 0.2) is 42.5 Å². The molecule has 0 radical (unpaired) electrons. The lowest BCUT2D eigenvalue weighted by atomic mass is 9.98. The van der Waals surface area contributed by atoms with Crippen molar-refractivity contribution in [1.29, 1.82) is 0 Å². The van der Waals surface area contributed by atoms with Gasteiger partial charge in [-0.25, -0.2) is 0 Å². The Kier molecular flexibility index (Phi) is 3.33. The molecule has 22 heavy (non-hydrogen) atoms. The molecule has 0 spiro atoms. The molecule has 1 aliphatic heterocycles. The van der Waals surface area contributed by atoms with Gasteiger partial charge < -0.3 is 10.2 Å². The molecule has 1 aliphatic carbocycles. The van der Waals surface area contributed by atoms with Crippen LogP contribution in [-0.2, 0) is 0 Å². The van der Waals surface area contributed by atoms with E-state index < -0.39 is 0 Å². The number of nitrogens with zero attached hydrogens (tertiary/aromatic N) is 1. The molecule has 0 amide bonds. The lowest BCUT2D eigenvalue weighted by molar-refractivity contribution is 0.602. The Hall–Kier alpha value is -1.96. The summed E-state index contributed by atoms with van der Waals surface area (Å²) in [5.74, 6) is 0.888. The van der Waals surface area contributed by atoms with Gasteiger partial charge in [0.1, 0.15) is 0 Å². The summed E-state index contributed by atoms with van der Waals surface area (Å²) in [6, 6.07) is 16.1. The van der Waals surface area contributed by atoms with E-state index in [2.05, 4.69) is 66.5 Å². The molecule has 114 valence electrons. The zero-order chi connectivity index (χ0) is 15.1. The highest BCUT2D eigenvalue weighted by Crippen LogP contribution is 2.42. The monoisotopic (exact) mass is 292 g/mol. The van der Waals surface area contributed by atoms with E-state index in [0.29, 0.717) is 6.04 Å². The fourth-order valence-electron chi connectivity index (χ4n) is 3.44. The van der Waals surface area contributed by atoms with Crippen molar-refractivity contribution in [1.82, 2.24) is 0 Å². The summed E-state index contributed by atoms with van der Waals surface area (Å²) in [5.41, 5.74) is 6.86. The third-order valence-corrected chi connectivity index (χ3v) is 5.12. The van der Waals surface area contributed by atoms with E-state index in [-0.39, 0.29) is 0 Å². The van der Waals surface area contributed by atoms with Crippen LogP contribution in [0, 0.1) is 19.8 Å². The fourth-order valence-corrected chi connectivity index (χ4v) is 3.44. The first-order valence-electron chi connectivity index (χ1n) is 8.39. The highest BCUT2D eigenvalue weighted by atomic mass is 15.2. The molecule has 1 heterocycles. The van der Waals surface area contributed by atoms with Crippen LogP contribution < -0.4 is 10.2 Å². The maximum absolute atomic E-state index is 3.66. The lowest BCUT2D eigenvalue weighted by Crippen LogP contribution is -2.39. The number of hydrogen-bond acceptors (Lipinski definition) is 2. The summed E-state index contributed by atoms with van der Waals surface area (Å²) in [5, 5.41) is 3.66. The summed E-state index contributed by atoms with van der Waals surface area (Å²) in [4.78, 5) is 2.64. The fraction of sp³-hybridized carbons (Fsp3) is 0.400. The molecule has 2 aliphatic rings. The first-order valence-corrected chi connectivity index (χ1v) is 8.39. The topological polar surface area (TPSA) is 15.3 Å². The van der Waals surface area contributed by atoms with E-state index >= 15 is 0 Å². The largest absolute Gasteiger partial charge is 0.381 e. The summed E-state index contributed by atoms with van der Waals surface area (Å²) in [7, 11) is 0. The van der Waals surface area contributed by atoms with E-state index in [1.165, 1.54) is 47.5 Å². The van der Waals surface area contributed by atoms with Gasteiger partial charge in [0.2, 0.25) is 0 Å². The molecule has 4 rings (SSSR count). The van der Waals surface area contributed by atoms with Crippen LogP contribution in [0.3, 0.4) is 0 Å². The van der Waals surface area contributed by atoms with E-state index in [1.54, 1.807) is 0 Å². The van der Waals surface area contributed by atoms with Crippen LogP contribution >= 0.6 is 0 Å². The van der Waals surface area contributed by atoms with Gasteiger partial charge in [0.15, 0.2) is 0 Å². The van der Waals surface area contributed by atoms with E-state index in [1.807, 2.05) is 0 Å². The number of hydrogen-bond donors (Lipinski definition) is 1. The molecule has 2 aromatic carbocycles. The van der Waals surface area contributed by atoms with E-state index in [4.69, 9.17) is 0 Å². The predicted octanol–water partition coefficient (Wildman–Crippen LogP) is 4.69. The summed E-state index contributed by atoms with van der Waals surface area (Å²) in [6.07, 6.45) is 2.79. The molecule has 2 aromatic rings. The minimum atomic E-state index is 0.441. The molecule has 1 saturated carbocycles. The minimum absolute atomic E-state index is 0.441. The highest BCUT2D eigenvalue weighted by molar-refractivity contribution is 5.75. The molecule has 2 heteroatoms. The zero-order valence-corrected chi connectivity index (χ0v) is 13.5. The maximum Gasteiger partial charge on any atom is 0.0715 e. The van der Waals surface area contributed by atoms with Gasteiger partial charge in [-0.15, -0.1) is 0 Å². The minimum Gasteiger partial charge on any atom is -0.381 e. The second-order valence-corrected chi connectivity index (χ2v) is 6.86. The van der Waals surface area contributed by atoms with Gasteiger partial charge in [-0.05, 0) is 61.4 Å². The predicted molar refractivity (Wildman–Crippen MR) is 93.7 cm³/mol. The van der Waals surface area contributed by atoms with Crippen LogP contribution in [-0.4, -0.2) is 13.1 Å². The first-order chi connectivity index (χ1) is 10.7. The number of rotatable bonds is 3. The highest BCUT2D eigenvalue weighted by Gasteiger charge is 2.32. The Morgan fingerprint density at radius 1 is 1.05 bits per heavy atom. The third kappa shape index (κ3) is 2.47. The van der Waals surface area contributed by atoms with Gasteiger partial charge in [0.05, 0.1) is 17.4 Å². The zero-order valence-electron chi connectivity index (χ0n) is 13.5. The van der Waals surface area contributed by atoms with Crippen LogP contribution in [0.1, 0.15) is 35.6 Å². The first kappa shape index (κ1) is 13.7. The number of anilines is 2. The van der Waals surface area contributed by atoms with Gasteiger partial charge in [-0.1, -0.05) is 30.3 Å². The van der Waals surface area contributed by atoms with Crippen molar-refractivity contribution in [2.75, 3.05) is 23.3 Å². The number of benzene rings is 2. The second kappa shape index (κ2) is 5.35. The normalized spacial score (nSPS) is 20.5. The molecule has 2 nitrogen and oxygen atoms in total. The molecule has 0 saturated heterocycles. The summed E-state index contributed by atoms with van der Waals surface area (Å²) >= 11 is 0. The van der Waals surface area contributed by atoms with Gasteiger partial charge in [-0.2, -0.15) is 0 Å². The molecule has 1 atom stereocenters. The van der Waals surface area contributed by atoms with Crippen molar-refractivity contribution < 1.29 is 0 Å². The molecular weight excluding hydrogens is 268 g/mol. The van der Waals surface area contributed by atoms with Crippen LogP contribution in [0.2, 0.25) is 0 Å². The summed E-state index contributed by atoms with van der Waals surface area (Å²) < 4.78 is 0. The Morgan fingerprint density at radius 2 is 1.77 bits per heavy atom. The quantitative estimate of drug-likeness (QED) is 0.883. The van der Waals surface area contributed by atoms with Crippen molar-refractivity contribution in [3.05, 3.63) is 59.2 Å². The summed E-state index contributed by atoms with van der Waals surface area (Å²) in [6.45, 7) is 6.60. The average molecular weight is 292 g/mol. The standard InChI is InChI=1S/C20H24N2/c1-14-10-18-19(11-15(14)2)22(13-16-8-9-16)20(12-21-18)17-6-4-3-5-7-17/h3-7,10-11,16,20-21H,8-9,12-13H2,1-2H3. The van der Waals surface area contributed by atoms with Crippen molar-refractivity contribution >= 4 is 11.4 Å². The molecule has 1 fully saturated rings. The van der Waals surface area contributed by atoms with Crippen LogP contribution in [0.25, 0.3) is 0 Å². The number of nitrogens with one attached hydrogen (secondary N) is 1. The Labute approximate surface area is 133 Å². The van der Waals surface area contributed by atoms with Crippen LogP contribution in [0.5, 0.6) is 0 Å². The van der Waals surface area contributed by atoms with Gasteiger partial charge in [-0.3, -0.25) is 0 Å². The number of aryl methyl sites for hydroxylation is 2. The third-order valence-electron chi connectivity index (χ3n) is 5.12. The number of fused-ring (bicyclic) bond motifs is 1. The Bertz CT molecular complexity index is 674. The maximum atomic E-state index is 3.66. The SMILES string of the molecule is Cc1cc2c(cc1C)N(CC1CC1)C(c1ccccc1)CN2. The second-order valence-electron chi connectivity index (χ2n) is 6.86. The van der Waals surface area contributed by atoms with Gasteiger partial charge in [0, 0.05) is 13.1 Å². The van der Waals surface area contributed by atoms with Gasteiger partial charge in [0.25, 0.3) is 0 Å². The molecule has 0 aromatic heterocycles. The molecule has 1 N–H and O–H groups in total. The Morgan fingerprint density at radius 3 is 2.50 bits per heavy atom. The lowest BCUT2D eigenvalue weighted by Gasteiger charge is -2.40. The van der Waals surface area contributed by atoms with Crippen LogP contribution in [0.4, 0.5) is 11.4 Å².